The van der Waals surface area contributed by atoms with Crippen molar-refractivity contribution in [2.24, 2.45) is 11.7 Å². The molecule has 2 N–H and O–H groups in total. The third-order valence-electron chi connectivity index (χ3n) is 4.27. The number of ether oxygens (including phenoxy) is 2. The summed E-state index contributed by atoms with van der Waals surface area (Å²) < 4.78 is 10.9. The van der Waals surface area contributed by atoms with E-state index >= 15 is 0 Å². The molecule has 2 rings (SSSR count). The Kier molecular flexibility index (Phi) is 6.80. The van der Waals surface area contributed by atoms with E-state index in [1.807, 2.05) is 6.07 Å². The van der Waals surface area contributed by atoms with Gasteiger partial charge in [-0.1, -0.05) is 24.6 Å². The number of carbonyl (C=O) groups excluding carboxylic acids is 2. The summed E-state index contributed by atoms with van der Waals surface area (Å²) in [6, 6.07) is 6.66. The van der Waals surface area contributed by atoms with E-state index in [4.69, 9.17) is 22.1 Å². The van der Waals surface area contributed by atoms with Gasteiger partial charge in [0.2, 0.25) is 0 Å². The zero-order valence-electron chi connectivity index (χ0n) is 15.7. The standard InChI is InChI=1S/C20H18ClN3O5/c1-4-11(2)18(19(26)29-20(23)27)24-10-16(28-3)15(8-17(24)25)14-7-13(21)6-5-12(14)9-22/h4-8,10-11,18H,1H2,2-3H3,(H2,23,27). The first-order valence-corrected chi connectivity index (χ1v) is 8.75. The Hall–Kier alpha value is -3.57. The fourth-order valence-electron chi connectivity index (χ4n) is 2.83. The number of allylic oxidation sites excluding steroid dienone is 1. The number of rotatable bonds is 6. The summed E-state index contributed by atoms with van der Waals surface area (Å²) in [5.74, 6) is -1.38. The maximum Gasteiger partial charge on any atom is 0.412 e. The summed E-state index contributed by atoms with van der Waals surface area (Å²) in [7, 11) is 1.37. The van der Waals surface area contributed by atoms with Crippen LogP contribution in [0.15, 0.2) is 47.9 Å². The second-order valence-corrected chi connectivity index (χ2v) is 6.52. The van der Waals surface area contributed by atoms with Gasteiger partial charge in [0.15, 0.2) is 0 Å². The van der Waals surface area contributed by atoms with Gasteiger partial charge < -0.3 is 15.2 Å². The molecule has 0 bridgehead atoms. The van der Waals surface area contributed by atoms with Crippen LogP contribution in [0.4, 0.5) is 4.79 Å². The molecule has 0 spiro atoms. The Morgan fingerprint density at radius 1 is 1.34 bits per heavy atom. The monoisotopic (exact) mass is 415 g/mol. The quantitative estimate of drug-likeness (QED) is 0.439. The third kappa shape index (κ3) is 4.65. The molecule has 1 aromatic heterocycles. The van der Waals surface area contributed by atoms with Gasteiger partial charge in [-0.25, -0.2) is 9.59 Å². The minimum Gasteiger partial charge on any atom is -0.495 e. The molecule has 0 fully saturated rings. The van der Waals surface area contributed by atoms with Gasteiger partial charge in [0.1, 0.15) is 11.8 Å². The predicted molar refractivity (Wildman–Crippen MR) is 106 cm³/mol. The lowest BCUT2D eigenvalue weighted by atomic mass is 9.99. The van der Waals surface area contributed by atoms with Crippen LogP contribution in [0.1, 0.15) is 18.5 Å². The number of hydrogen-bond donors (Lipinski definition) is 1. The van der Waals surface area contributed by atoms with Gasteiger partial charge in [0.25, 0.3) is 5.56 Å². The number of esters is 1. The number of nitriles is 1. The summed E-state index contributed by atoms with van der Waals surface area (Å²) in [5, 5.41) is 9.74. The van der Waals surface area contributed by atoms with Crippen molar-refractivity contribution in [2.45, 2.75) is 13.0 Å². The molecular weight excluding hydrogens is 398 g/mol. The molecule has 150 valence electrons. The number of hydrogen-bond acceptors (Lipinski definition) is 6. The lowest BCUT2D eigenvalue weighted by Crippen LogP contribution is -2.36. The smallest absolute Gasteiger partial charge is 0.412 e. The molecule has 0 aliphatic heterocycles. The fourth-order valence-corrected chi connectivity index (χ4v) is 3.00. The van der Waals surface area contributed by atoms with E-state index in [1.54, 1.807) is 13.0 Å². The Morgan fingerprint density at radius 3 is 2.59 bits per heavy atom. The summed E-state index contributed by atoms with van der Waals surface area (Å²) in [5.41, 5.74) is 5.34. The SMILES string of the molecule is C=CC(C)C(C(=O)OC(N)=O)n1cc(OC)c(-c2cc(Cl)ccc2C#N)cc1=O. The van der Waals surface area contributed by atoms with Crippen LogP contribution < -0.4 is 16.0 Å². The van der Waals surface area contributed by atoms with Gasteiger partial charge in [-0.05, 0) is 18.2 Å². The van der Waals surface area contributed by atoms with E-state index in [9.17, 15) is 19.6 Å². The van der Waals surface area contributed by atoms with E-state index < -0.39 is 29.6 Å². The Balaban J connectivity index is 2.71. The summed E-state index contributed by atoms with van der Waals surface area (Å²) in [4.78, 5) is 36.2. The Morgan fingerprint density at radius 2 is 2.03 bits per heavy atom. The van der Waals surface area contributed by atoms with Crippen molar-refractivity contribution < 1.29 is 19.1 Å². The van der Waals surface area contributed by atoms with E-state index in [0.29, 0.717) is 16.1 Å². The van der Waals surface area contributed by atoms with Gasteiger partial charge in [-0.15, -0.1) is 6.58 Å². The summed E-state index contributed by atoms with van der Waals surface area (Å²) >= 11 is 6.04. The molecule has 9 heteroatoms. The van der Waals surface area contributed by atoms with Crippen LogP contribution in [0.2, 0.25) is 5.02 Å². The number of halogens is 1. The molecular formula is C20H18ClN3O5. The minimum atomic E-state index is -1.29. The average Bonchev–Trinajstić information content (AvgIpc) is 2.68. The lowest BCUT2D eigenvalue weighted by Gasteiger charge is -2.23. The Bertz CT molecular complexity index is 1070. The predicted octanol–water partition coefficient (Wildman–Crippen LogP) is 3.03. The van der Waals surface area contributed by atoms with E-state index in [1.165, 1.54) is 37.6 Å². The first-order chi connectivity index (χ1) is 13.7. The zero-order valence-corrected chi connectivity index (χ0v) is 16.5. The fraction of sp³-hybridized carbons (Fsp3) is 0.200. The van der Waals surface area contributed by atoms with Crippen molar-refractivity contribution in [3.8, 4) is 22.9 Å². The number of amides is 1. The third-order valence-corrected chi connectivity index (χ3v) is 4.50. The van der Waals surface area contributed by atoms with Gasteiger partial charge in [-0.3, -0.25) is 9.36 Å². The average molecular weight is 416 g/mol. The zero-order chi connectivity index (χ0) is 21.7. The number of pyridine rings is 1. The van der Waals surface area contributed by atoms with Crippen LogP contribution in [0.25, 0.3) is 11.1 Å². The molecule has 2 aromatic rings. The molecule has 2 atom stereocenters. The second-order valence-electron chi connectivity index (χ2n) is 6.08. The molecule has 0 aliphatic carbocycles. The van der Waals surface area contributed by atoms with E-state index in [0.717, 1.165) is 4.57 Å². The van der Waals surface area contributed by atoms with E-state index in [-0.39, 0.29) is 11.3 Å². The number of benzene rings is 1. The molecule has 1 aromatic carbocycles. The van der Waals surface area contributed by atoms with Crippen molar-refractivity contribution in [3.05, 3.63) is 64.1 Å². The van der Waals surface area contributed by atoms with Crippen molar-refractivity contribution in [1.29, 1.82) is 5.26 Å². The van der Waals surface area contributed by atoms with E-state index in [2.05, 4.69) is 11.3 Å². The van der Waals surface area contributed by atoms with Gasteiger partial charge in [0, 0.05) is 28.1 Å². The highest BCUT2D eigenvalue weighted by Gasteiger charge is 2.30. The highest BCUT2D eigenvalue weighted by molar-refractivity contribution is 6.31. The number of nitrogens with two attached hydrogens (primary N) is 1. The molecule has 1 amide bonds. The molecule has 0 aliphatic rings. The topological polar surface area (TPSA) is 124 Å². The summed E-state index contributed by atoms with van der Waals surface area (Å²) in [6.45, 7) is 5.24. The highest BCUT2D eigenvalue weighted by Crippen LogP contribution is 2.34. The first-order valence-electron chi connectivity index (χ1n) is 8.37. The van der Waals surface area contributed by atoms with Gasteiger partial charge >= 0.3 is 12.1 Å². The van der Waals surface area contributed by atoms with Crippen LogP contribution in [-0.2, 0) is 9.53 Å². The molecule has 2 unspecified atom stereocenters. The van der Waals surface area contributed by atoms with Crippen molar-refractivity contribution >= 4 is 23.7 Å². The number of nitrogens with zero attached hydrogens (tertiary/aromatic N) is 2. The van der Waals surface area contributed by atoms with Crippen molar-refractivity contribution in [3.63, 3.8) is 0 Å². The van der Waals surface area contributed by atoms with Crippen LogP contribution >= 0.6 is 11.6 Å². The molecule has 0 saturated carbocycles. The van der Waals surface area contributed by atoms with Crippen molar-refractivity contribution in [2.75, 3.05) is 7.11 Å². The summed E-state index contributed by atoms with van der Waals surface area (Å²) in [6.07, 6.45) is 1.45. The van der Waals surface area contributed by atoms with Crippen molar-refractivity contribution in [1.82, 2.24) is 4.57 Å². The normalized spacial score (nSPS) is 12.3. The van der Waals surface area contributed by atoms with Crippen LogP contribution in [-0.4, -0.2) is 23.7 Å². The number of methoxy groups -OCH3 is 1. The molecule has 8 nitrogen and oxygen atoms in total. The number of primary amides is 1. The highest BCUT2D eigenvalue weighted by atomic mass is 35.5. The van der Waals surface area contributed by atoms with Crippen LogP contribution in [0.3, 0.4) is 0 Å². The van der Waals surface area contributed by atoms with Gasteiger partial charge in [0.05, 0.1) is 24.9 Å². The van der Waals surface area contributed by atoms with Crippen LogP contribution in [0.5, 0.6) is 5.75 Å². The molecule has 0 saturated heterocycles. The molecule has 0 radical (unpaired) electrons. The lowest BCUT2D eigenvalue weighted by molar-refractivity contribution is -0.142. The second kappa shape index (κ2) is 9.08. The maximum absolute atomic E-state index is 12.9. The maximum atomic E-state index is 12.9. The molecule has 29 heavy (non-hydrogen) atoms. The first kappa shape index (κ1) is 21.7. The Labute approximate surface area is 171 Å². The number of aromatic nitrogens is 1. The largest absolute Gasteiger partial charge is 0.495 e. The number of carbonyl (C=O) groups is 2. The minimum absolute atomic E-state index is 0.205. The molecule has 1 heterocycles. The van der Waals surface area contributed by atoms with Gasteiger partial charge in [-0.2, -0.15) is 5.26 Å². The van der Waals surface area contributed by atoms with Crippen LogP contribution in [0, 0.1) is 17.2 Å².